The van der Waals surface area contributed by atoms with Crippen LogP contribution in [-0.4, -0.2) is 55.4 Å². The zero-order chi connectivity index (χ0) is 23.4. The standard InChI is InChI=1S/C27H35NO5/c1-19(29)27(2)18-28(15-26(30)33-17-20-7-5-4-6-8-20)14-23(27)22-11-12-24(31-3)25(13-22)32-16-21-9-10-21/h4-8,11-13,19,21,23,29H,9-10,14-18H2,1-3H3/t19-,23+,27+/m1/s1. The second-order valence-corrected chi connectivity index (χ2v) is 9.71. The Labute approximate surface area is 196 Å². The van der Waals surface area contributed by atoms with Crippen molar-refractivity contribution < 1.29 is 24.1 Å². The molecule has 2 aromatic carbocycles. The second-order valence-electron chi connectivity index (χ2n) is 9.71. The molecule has 2 aliphatic rings. The third-order valence-electron chi connectivity index (χ3n) is 7.11. The van der Waals surface area contributed by atoms with Crippen LogP contribution in [0.5, 0.6) is 11.5 Å². The van der Waals surface area contributed by atoms with E-state index in [-0.39, 0.29) is 25.0 Å². The number of ether oxygens (including phenoxy) is 3. The van der Waals surface area contributed by atoms with Crippen molar-refractivity contribution in [2.24, 2.45) is 11.3 Å². The van der Waals surface area contributed by atoms with E-state index < -0.39 is 11.5 Å². The van der Waals surface area contributed by atoms with Crippen LogP contribution in [0.2, 0.25) is 0 Å². The highest BCUT2D eigenvalue weighted by atomic mass is 16.5. The van der Waals surface area contributed by atoms with Gasteiger partial charge in [-0.2, -0.15) is 0 Å². The Kier molecular flexibility index (Phi) is 7.25. The molecule has 2 aromatic rings. The van der Waals surface area contributed by atoms with Crippen LogP contribution in [-0.2, 0) is 16.1 Å². The summed E-state index contributed by atoms with van der Waals surface area (Å²) in [5.74, 6) is 1.90. The number of hydrogen-bond donors (Lipinski definition) is 1. The van der Waals surface area contributed by atoms with Crippen molar-refractivity contribution in [3.63, 3.8) is 0 Å². The van der Waals surface area contributed by atoms with E-state index in [2.05, 4.69) is 11.8 Å². The van der Waals surface area contributed by atoms with E-state index in [9.17, 15) is 9.90 Å². The first-order chi connectivity index (χ1) is 15.9. The van der Waals surface area contributed by atoms with Crippen LogP contribution < -0.4 is 9.47 Å². The Morgan fingerprint density at radius 3 is 2.61 bits per heavy atom. The van der Waals surface area contributed by atoms with E-state index in [4.69, 9.17) is 14.2 Å². The zero-order valence-corrected chi connectivity index (χ0v) is 19.8. The summed E-state index contributed by atoms with van der Waals surface area (Å²) in [5.41, 5.74) is 1.66. The molecule has 1 aliphatic heterocycles. The fraction of sp³-hybridized carbons (Fsp3) is 0.519. The molecule has 3 atom stereocenters. The first-order valence-electron chi connectivity index (χ1n) is 11.8. The molecule has 0 amide bonds. The van der Waals surface area contributed by atoms with Crippen LogP contribution in [0.3, 0.4) is 0 Å². The van der Waals surface area contributed by atoms with E-state index >= 15 is 0 Å². The SMILES string of the molecule is COc1ccc([C@@H]2CN(CC(=O)OCc3ccccc3)C[C@@]2(C)[C@@H](C)O)cc1OCC1CC1. The molecule has 2 fully saturated rings. The van der Waals surface area contributed by atoms with Crippen LogP contribution >= 0.6 is 0 Å². The molecule has 4 rings (SSSR count). The lowest BCUT2D eigenvalue weighted by molar-refractivity contribution is -0.146. The molecule has 0 spiro atoms. The van der Waals surface area contributed by atoms with Gasteiger partial charge in [-0.25, -0.2) is 0 Å². The highest BCUT2D eigenvalue weighted by Gasteiger charge is 2.47. The van der Waals surface area contributed by atoms with Crippen molar-refractivity contribution in [1.82, 2.24) is 4.90 Å². The largest absolute Gasteiger partial charge is 0.493 e. The average molecular weight is 454 g/mol. The lowest BCUT2D eigenvalue weighted by Crippen LogP contribution is -2.38. The lowest BCUT2D eigenvalue weighted by atomic mass is 9.72. The van der Waals surface area contributed by atoms with Crippen LogP contribution in [0.15, 0.2) is 48.5 Å². The number of nitrogens with zero attached hydrogens (tertiary/aromatic N) is 1. The predicted octanol–water partition coefficient (Wildman–Crippen LogP) is 4.01. The van der Waals surface area contributed by atoms with Gasteiger partial charge in [0.25, 0.3) is 0 Å². The number of likely N-dealkylation sites (tertiary alicyclic amines) is 1. The van der Waals surface area contributed by atoms with Gasteiger partial charge >= 0.3 is 5.97 Å². The molecule has 1 saturated heterocycles. The molecule has 0 bridgehead atoms. The number of benzene rings is 2. The van der Waals surface area contributed by atoms with Crippen LogP contribution in [0.4, 0.5) is 0 Å². The Morgan fingerprint density at radius 2 is 1.94 bits per heavy atom. The molecule has 0 radical (unpaired) electrons. The number of hydrogen-bond acceptors (Lipinski definition) is 6. The van der Waals surface area contributed by atoms with Crippen molar-refractivity contribution in [3.05, 3.63) is 59.7 Å². The minimum atomic E-state index is -0.536. The number of methoxy groups -OCH3 is 1. The zero-order valence-electron chi connectivity index (χ0n) is 19.8. The summed E-state index contributed by atoms with van der Waals surface area (Å²) in [7, 11) is 1.65. The Morgan fingerprint density at radius 1 is 1.18 bits per heavy atom. The summed E-state index contributed by atoms with van der Waals surface area (Å²) in [5, 5.41) is 10.7. The summed E-state index contributed by atoms with van der Waals surface area (Å²) in [6.07, 6.45) is 1.91. The molecule has 1 N–H and O–H groups in total. The number of esters is 1. The average Bonchev–Trinajstić information content (AvgIpc) is 3.58. The van der Waals surface area contributed by atoms with Crippen LogP contribution in [0.25, 0.3) is 0 Å². The maximum atomic E-state index is 12.5. The van der Waals surface area contributed by atoms with Crippen molar-refractivity contribution in [2.75, 3.05) is 33.4 Å². The van der Waals surface area contributed by atoms with Gasteiger partial charge in [0.2, 0.25) is 0 Å². The summed E-state index contributed by atoms with van der Waals surface area (Å²) in [6, 6.07) is 15.7. The minimum Gasteiger partial charge on any atom is -0.493 e. The van der Waals surface area contributed by atoms with Gasteiger partial charge in [-0.1, -0.05) is 43.3 Å². The molecule has 6 nitrogen and oxygen atoms in total. The lowest BCUT2D eigenvalue weighted by Gasteiger charge is -2.34. The first kappa shape index (κ1) is 23.6. The number of aliphatic hydroxyl groups excluding tert-OH is 1. The van der Waals surface area contributed by atoms with Crippen molar-refractivity contribution >= 4 is 5.97 Å². The molecule has 33 heavy (non-hydrogen) atoms. The van der Waals surface area contributed by atoms with Gasteiger partial charge in [-0.05, 0) is 48.9 Å². The fourth-order valence-corrected chi connectivity index (χ4v) is 4.63. The van der Waals surface area contributed by atoms with Crippen molar-refractivity contribution in [1.29, 1.82) is 0 Å². The quantitative estimate of drug-likeness (QED) is 0.548. The van der Waals surface area contributed by atoms with Gasteiger partial charge in [0, 0.05) is 24.4 Å². The van der Waals surface area contributed by atoms with Gasteiger partial charge in [-0.15, -0.1) is 0 Å². The summed E-state index contributed by atoms with van der Waals surface area (Å²) < 4.78 is 17.1. The van der Waals surface area contributed by atoms with E-state index in [1.165, 1.54) is 12.8 Å². The molecular weight excluding hydrogens is 418 g/mol. The van der Waals surface area contributed by atoms with Gasteiger partial charge < -0.3 is 19.3 Å². The Bertz CT molecular complexity index is 943. The normalized spacial score (nSPS) is 23.8. The van der Waals surface area contributed by atoms with Gasteiger partial charge in [0.05, 0.1) is 26.4 Å². The summed E-state index contributed by atoms with van der Waals surface area (Å²) >= 11 is 0. The third-order valence-corrected chi connectivity index (χ3v) is 7.11. The van der Waals surface area contributed by atoms with Crippen LogP contribution in [0.1, 0.15) is 43.7 Å². The van der Waals surface area contributed by atoms with Crippen molar-refractivity contribution in [2.45, 2.75) is 45.3 Å². The first-order valence-corrected chi connectivity index (χ1v) is 11.8. The smallest absolute Gasteiger partial charge is 0.320 e. The highest BCUT2D eigenvalue weighted by molar-refractivity contribution is 5.71. The van der Waals surface area contributed by atoms with Gasteiger partial charge in [0.1, 0.15) is 6.61 Å². The topological polar surface area (TPSA) is 68.2 Å². The number of rotatable bonds is 10. The van der Waals surface area contributed by atoms with E-state index in [1.54, 1.807) is 7.11 Å². The molecule has 6 heteroatoms. The molecule has 1 aliphatic carbocycles. The minimum absolute atomic E-state index is 0.0496. The highest BCUT2D eigenvalue weighted by Crippen LogP contribution is 2.47. The van der Waals surface area contributed by atoms with Gasteiger partial charge in [-0.3, -0.25) is 9.69 Å². The van der Waals surface area contributed by atoms with E-state index in [1.807, 2.05) is 55.5 Å². The monoisotopic (exact) mass is 453 g/mol. The molecule has 0 aromatic heterocycles. The van der Waals surface area contributed by atoms with E-state index in [0.717, 1.165) is 22.6 Å². The van der Waals surface area contributed by atoms with E-state index in [0.29, 0.717) is 25.6 Å². The number of carbonyl (C=O) groups excluding carboxylic acids is 1. The molecule has 1 heterocycles. The Hall–Kier alpha value is -2.57. The second kappa shape index (κ2) is 10.1. The number of aliphatic hydroxyl groups is 1. The molecular formula is C27H35NO5. The molecule has 178 valence electrons. The fourth-order valence-electron chi connectivity index (χ4n) is 4.63. The Balaban J connectivity index is 1.45. The van der Waals surface area contributed by atoms with Gasteiger partial charge in [0.15, 0.2) is 11.5 Å². The van der Waals surface area contributed by atoms with Crippen molar-refractivity contribution in [3.8, 4) is 11.5 Å². The predicted molar refractivity (Wildman–Crippen MR) is 126 cm³/mol. The molecule has 0 unspecified atom stereocenters. The van der Waals surface area contributed by atoms with Crippen LogP contribution in [0, 0.1) is 11.3 Å². The summed E-state index contributed by atoms with van der Waals surface area (Å²) in [4.78, 5) is 14.6. The maximum absolute atomic E-state index is 12.5. The number of carbonyl (C=O) groups is 1. The molecule has 1 saturated carbocycles. The maximum Gasteiger partial charge on any atom is 0.320 e. The third kappa shape index (κ3) is 5.68. The summed E-state index contributed by atoms with van der Waals surface area (Å²) in [6.45, 7) is 6.37.